The van der Waals surface area contributed by atoms with Gasteiger partial charge in [0.2, 0.25) is 5.78 Å². The third-order valence-electron chi connectivity index (χ3n) is 7.93. The fraction of sp³-hybridized carbons (Fsp3) is 0.481. The van der Waals surface area contributed by atoms with Gasteiger partial charge in [0.15, 0.2) is 23.0 Å². The molecule has 36 heavy (non-hydrogen) atoms. The number of Topliss-reactive ketones (excluding diaryl/α,β-unsaturated/α-hetero) is 4. The van der Waals surface area contributed by atoms with Gasteiger partial charge >= 0.3 is 0 Å². The van der Waals surface area contributed by atoms with E-state index < -0.39 is 69.5 Å². The molecule has 4 N–H and O–H groups in total. The summed E-state index contributed by atoms with van der Waals surface area (Å²) in [5.41, 5.74) is -2.11. The van der Waals surface area contributed by atoms with Crippen LogP contribution in [0.25, 0.3) is 5.76 Å². The highest BCUT2D eigenvalue weighted by Gasteiger charge is 2.64. The number of phenols is 1. The molecule has 3 aliphatic rings. The molecule has 1 aromatic rings. The molecule has 4 atom stereocenters. The van der Waals surface area contributed by atoms with E-state index in [-0.39, 0.29) is 36.0 Å². The first kappa shape index (κ1) is 25.8. The number of benzene rings is 1. The average molecular weight is 498 g/mol. The van der Waals surface area contributed by atoms with Gasteiger partial charge in [-0.3, -0.25) is 24.1 Å². The number of aromatic hydroxyl groups is 1. The summed E-state index contributed by atoms with van der Waals surface area (Å²) in [6.45, 7) is 4.66. The summed E-state index contributed by atoms with van der Waals surface area (Å²) in [5.74, 6) is -6.49. The molecule has 1 saturated carbocycles. The molecular formula is C27H31NO8. The van der Waals surface area contributed by atoms with E-state index in [9.17, 15) is 39.6 Å². The summed E-state index contributed by atoms with van der Waals surface area (Å²) in [7, 11) is 3.19. The van der Waals surface area contributed by atoms with Crippen molar-refractivity contribution in [1.29, 1.82) is 0 Å². The molecule has 9 nitrogen and oxygen atoms in total. The SMILES string of the molecule is CCC(=O)C1=C(O)[C@]2(O)C(=O)C3=C(O)c4c(O)c(C(C)=O)cc(CC)c4C[C@@H]3C[C@@H]2C(N(C)C)C1=O. The van der Waals surface area contributed by atoms with Gasteiger partial charge in [-0.05, 0) is 63.4 Å². The topological polar surface area (TPSA) is 152 Å². The van der Waals surface area contributed by atoms with Crippen LogP contribution < -0.4 is 0 Å². The fourth-order valence-corrected chi connectivity index (χ4v) is 6.18. The number of nitrogens with zero attached hydrogens (tertiary/aromatic N) is 1. The summed E-state index contributed by atoms with van der Waals surface area (Å²) in [6, 6.07) is 0.532. The van der Waals surface area contributed by atoms with Crippen LogP contribution in [0.5, 0.6) is 5.75 Å². The van der Waals surface area contributed by atoms with Crippen LogP contribution in [0.2, 0.25) is 0 Å². The minimum atomic E-state index is -2.61. The minimum absolute atomic E-state index is 0.00514. The Bertz CT molecular complexity index is 1290. The summed E-state index contributed by atoms with van der Waals surface area (Å²) >= 11 is 0. The number of aryl methyl sites for hydroxylation is 1. The summed E-state index contributed by atoms with van der Waals surface area (Å²) < 4.78 is 0. The Morgan fingerprint density at radius 2 is 1.78 bits per heavy atom. The third kappa shape index (κ3) is 3.29. The van der Waals surface area contributed by atoms with Crippen molar-refractivity contribution in [2.24, 2.45) is 11.8 Å². The highest BCUT2D eigenvalue weighted by Crippen LogP contribution is 2.53. The molecule has 4 rings (SSSR count). The van der Waals surface area contributed by atoms with E-state index in [1.165, 1.54) is 18.7 Å². The Hall–Kier alpha value is -3.30. The van der Waals surface area contributed by atoms with Crippen molar-refractivity contribution in [3.05, 3.63) is 45.2 Å². The first-order valence-corrected chi connectivity index (χ1v) is 12.1. The zero-order valence-corrected chi connectivity index (χ0v) is 21.0. The van der Waals surface area contributed by atoms with Crippen molar-refractivity contribution >= 4 is 28.9 Å². The van der Waals surface area contributed by atoms with E-state index in [1.807, 2.05) is 6.92 Å². The third-order valence-corrected chi connectivity index (χ3v) is 7.93. The lowest BCUT2D eigenvalue weighted by atomic mass is 9.57. The molecule has 0 radical (unpaired) electrons. The van der Waals surface area contributed by atoms with Crippen molar-refractivity contribution in [2.75, 3.05) is 14.1 Å². The highest BCUT2D eigenvalue weighted by atomic mass is 16.3. The van der Waals surface area contributed by atoms with E-state index in [2.05, 4.69) is 0 Å². The van der Waals surface area contributed by atoms with E-state index >= 15 is 0 Å². The first-order chi connectivity index (χ1) is 16.8. The lowest BCUT2D eigenvalue weighted by molar-refractivity contribution is -0.153. The molecule has 1 aromatic carbocycles. The lowest BCUT2D eigenvalue weighted by Gasteiger charge is -2.50. The van der Waals surface area contributed by atoms with Crippen LogP contribution in [0.1, 0.15) is 60.7 Å². The molecule has 0 aliphatic heterocycles. The number of hydrogen-bond acceptors (Lipinski definition) is 9. The van der Waals surface area contributed by atoms with Gasteiger partial charge in [-0.1, -0.05) is 13.8 Å². The summed E-state index contributed by atoms with van der Waals surface area (Å²) in [5, 5.41) is 45.0. The quantitative estimate of drug-likeness (QED) is 0.354. The number of likely N-dealkylation sites (N-methyl/N-ethyl adjacent to an activating group) is 1. The maximum absolute atomic E-state index is 13.9. The monoisotopic (exact) mass is 497 g/mol. The average Bonchev–Trinajstić information content (AvgIpc) is 2.81. The van der Waals surface area contributed by atoms with E-state index in [0.717, 1.165) is 5.56 Å². The normalized spacial score (nSPS) is 27.7. The van der Waals surface area contributed by atoms with Crippen molar-refractivity contribution in [3.63, 3.8) is 0 Å². The largest absolute Gasteiger partial charge is 0.508 e. The van der Waals surface area contributed by atoms with Crippen molar-refractivity contribution in [2.45, 2.75) is 58.1 Å². The van der Waals surface area contributed by atoms with Crippen LogP contribution in [-0.2, 0) is 27.2 Å². The Kier molecular flexibility index (Phi) is 6.21. The number of aliphatic hydroxyl groups is 3. The predicted octanol–water partition coefficient (Wildman–Crippen LogP) is 2.22. The van der Waals surface area contributed by atoms with Crippen LogP contribution in [0.15, 0.2) is 23.0 Å². The fourth-order valence-electron chi connectivity index (χ4n) is 6.18. The van der Waals surface area contributed by atoms with E-state index in [0.29, 0.717) is 12.0 Å². The molecule has 1 fully saturated rings. The van der Waals surface area contributed by atoms with Crippen molar-refractivity contribution < 1.29 is 39.6 Å². The second-order valence-corrected chi connectivity index (χ2v) is 10.1. The lowest BCUT2D eigenvalue weighted by Crippen LogP contribution is -2.65. The molecule has 0 aromatic heterocycles. The number of ketones is 4. The van der Waals surface area contributed by atoms with Gasteiger partial charge in [0.25, 0.3) is 0 Å². The molecule has 1 unspecified atom stereocenters. The molecule has 3 aliphatic carbocycles. The number of carbonyl (C=O) groups excluding carboxylic acids is 4. The van der Waals surface area contributed by atoms with Crippen LogP contribution >= 0.6 is 0 Å². The zero-order chi connectivity index (χ0) is 26.9. The minimum Gasteiger partial charge on any atom is -0.508 e. The Morgan fingerprint density at radius 1 is 1.14 bits per heavy atom. The molecular weight excluding hydrogens is 466 g/mol. The van der Waals surface area contributed by atoms with Gasteiger partial charge in [-0.2, -0.15) is 0 Å². The number of hydrogen-bond donors (Lipinski definition) is 4. The standard InChI is InChI=1S/C27H31NO8/c1-6-12-8-14(11(3)29)22(31)19-15(12)9-13-10-16-21(28(4)5)24(33)20(17(30)7-2)26(35)27(16,36)25(34)18(13)23(19)32/h8,13,16,21,31-32,35-36H,6-7,9-10H2,1-5H3/t13-,16-,21?,27-/m1/s1. The molecule has 9 heteroatoms. The van der Waals surface area contributed by atoms with Crippen LogP contribution in [0.3, 0.4) is 0 Å². The molecule has 0 heterocycles. The number of rotatable bonds is 5. The molecule has 0 bridgehead atoms. The molecule has 0 amide bonds. The summed E-state index contributed by atoms with van der Waals surface area (Å²) in [6.07, 6.45) is 0.670. The molecule has 192 valence electrons. The number of phenolic OH excluding ortho intramolecular Hbond substituents is 1. The van der Waals surface area contributed by atoms with E-state index in [4.69, 9.17) is 0 Å². The van der Waals surface area contributed by atoms with Gasteiger partial charge in [0.05, 0.1) is 17.2 Å². The predicted molar refractivity (Wildman–Crippen MR) is 130 cm³/mol. The first-order valence-electron chi connectivity index (χ1n) is 12.1. The maximum Gasteiger partial charge on any atom is 0.202 e. The van der Waals surface area contributed by atoms with Gasteiger partial charge in [-0.25, -0.2) is 0 Å². The van der Waals surface area contributed by atoms with Crippen LogP contribution in [0, 0.1) is 11.8 Å². The van der Waals surface area contributed by atoms with Crippen molar-refractivity contribution in [3.8, 4) is 5.75 Å². The highest BCUT2D eigenvalue weighted by molar-refractivity contribution is 6.25. The van der Waals surface area contributed by atoms with Gasteiger partial charge in [-0.15, -0.1) is 0 Å². The summed E-state index contributed by atoms with van der Waals surface area (Å²) in [4.78, 5) is 53.5. The van der Waals surface area contributed by atoms with E-state index in [1.54, 1.807) is 20.2 Å². The van der Waals surface area contributed by atoms with Crippen LogP contribution in [0.4, 0.5) is 0 Å². The Morgan fingerprint density at radius 3 is 2.31 bits per heavy atom. The molecule has 0 spiro atoms. The number of fused-ring (bicyclic) bond motifs is 3. The second-order valence-electron chi connectivity index (χ2n) is 10.1. The Labute approximate surface area is 208 Å². The number of carbonyl (C=O) groups is 4. The van der Waals surface area contributed by atoms with Gasteiger partial charge in [0, 0.05) is 17.9 Å². The molecule has 0 saturated heterocycles. The smallest absolute Gasteiger partial charge is 0.202 e. The maximum atomic E-state index is 13.9. The van der Waals surface area contributed by atoms with Gasteiger partial charge < -0.3 is 20.4 Å². The van der Waals surface area contributed by atoms with Gasteiger partial charge in [0.1, 0.15) is 22.8 Å². The van der Waals surface area contributed by atoms with Crippen molar-refractivity contribution in [1.82, 2.24) is 4.90 Å². The van der Waals surface area contributed by atoms with Crippen LogP contribution in [-0.4, -0.2) is 74.2 Å². The Balaban J connectivity index is 2.01. The second kappa shape index (κ2) is 8.67. The number of aliphatic hydroxyl groups excluding tert-OH is 2. The zero-order valence-electron chi connectivity index (χ0n) is 21.0.